The number of hydrogen-bond acceptors (Lipinski definition) is 5. The molecule has 120 valence electrons. The lowest BCUT2D eigenvalue weighted by Gasteiger charge is -2.18. The van der Waals surface area contributed by atoms with E-state index >= 15 is 0 Å². The quantitative estimate of drug-likeness (QED) is 0.453. The number of nitro benzene ring substituents is 1. The molecule has 0 aliphatic heterocycles. The molecule has 0 saturated heterocycles. The maximum Gasteiger partial charge on any atom is 0.308 e. The first kappa shape index (κ1) is 18.0. The van der Waals surface area contributed by atoms with E-state index in [0.29, 0.717) is 10.6 Å². The summed E-state index contributed by atoms with van der Waals surface area (Å²) in [5, 5.41) is 22.4. The lowest BCUT2D eigenvalue weighted by atomic mass is 10.0. The maximum absolute atomic E-state index is 12.3. The van der Waals surface area contributed by atoms with E-state index in [9.17, 15) is 19.7 Å². The average molecular weight is 326 g/mol. The molecule has 1 aromatic rings. The predicted octanol–water partition coefficient (Wildman–Crippen LogP) is 2.55. The lowest BCUT2D eigenvalue weighted by molar-refractivity contribution is -0.384. The number of nitro groups is 1. The third-order valence-electron chi connectivity index (χ3n) is 3.22. The summed E-state index contributed by atoms with van der Waals surface area (Å²) in [6.45, 7) is 4.98. The average Bonchev–Trinajstić information content (AvgIpc) is 2.46. The topological polar surface area (TPSA) is 110 Å². The van der Waals surface area contributed by atoms with Crippen LogP contribution in [-0.4, -0.2) is 33.7 Å². The van der Waals surface area contributed by atoms with Gasteiger partial charge >= 0.3 is 5.97 Å². The minimum absolute atomic E-state index is 0.176. The zero-order valence-corrected chi connectivity index (χ0v) is 13.3. The second kappa shape index (κ2) is 7.79. The number of non-ortho nitro benzene ring substituents is 1. The molecule has 2 unspecified atom stereocenters. The number of carbonyl (C=O) groups excluding carboxylic acids is 1. The van der Waals surface area contributed by atoms with Gasteiger partial charge in [0.2, 0.25) is 0 Å². The molecule has 22 heavy (non-hydrogen) atoms. The Bertz CT molecular complexity index is 591. The van der Waals surface area contributed by atoms with Crippen LogP contribution in [0.4, 0.5) is 5.69 Å². The third-order valence-corrected chi connectivity index (χ3v) is 4.17. The highest BCUT2D eigenvalue weighted by molar-refractivity contribution is 7.99. The highest BCUT2D eigenvalue weighted by Crippen LogP contribution is 2.26. The number of carbonyl (C=O) groups is 2. The molecule has 7 nitrogen and oxygen atoms in total. The summed E-state index contributed by atoms with van der Waals surface area (Å²) in [6.07, 6.45) is 0. The van der Waals surface area contributed by atoms with E-state index in [4.69, 9.17) is 5.11 Å². The van der Waals surface area contributed by atoms with Crippen molar-refractivity contribution < 1.29 is 19.6 Å². The van der Waals surface area contributed by atoms with Gasteiger partial charge in [-0.3, -0.25) is 19.7 Å². The molecular weight excluding hydrogens is 308 g/mol. The van der Waals surface area contributed by atoms with Crippen LogP contribution in [0.5, 0.6) is 0 Å². The molecule has 0 radical (unpaired) electrons. The fourth-order valence-corrected chi connectivity index (χ4v) is 2.50. The van der Waals surface area contributed by atoms with Crippen molar-refractivity contribution in [1.82, 2.24) is 5.32 Å². The van der Waals surface area contributed by atoms with Gasteiger partial charge in [-0.05, 0) is 25.7 Å². The summed E-state index contributed by atoms with van der Waals surface area (Å²) in [6, 6.07) is 3.50. The standard InChI is InChI=1S/C14H18N2O5S/c1-4-22-12-6-5-10(16(20)21)7-11(12)13(17)15-9(3)8(2)14(18)19/h5-9H,4H2,1-3H3,(H,15,17)(H,18,19). The third kappa shape index (κ3) is 4.45. The van der Waals surface area contributed by atoms with Crippen molar-refractivity contribution in [2.45, 2.75) is 31.7 Å². The summed E-state index contributed by atoms with van der Waals surface area (Å²) < 4.78 is 0. The van der Waals surface area contributed by atoms with Crippen LogP contribution in [0.1, 0.15) is 31.1 Å². The summed E-state index contributed by atoms with van der Waals surface area (Å²) in [4.78, 5) is 34.2. The zero-order chi connectivity index (χ0) is 16.9. The molecule has 2 atom stereocenters. The summed E-state index contributed by atoms with van der Waals surface area (Å²) >= 11 is 1.39. The van der Waals surface area contributed by atoms with Gasteiger partial charge in [0.05, 0.1) is 16.4 Å². The second-order valence-electron chi connectivity index (χ2n) is 4.76. The number of aliphatic carboxylic acids is 1. The molecule has 1 aromatic carbocycles. The van der Waals surface area contributed by atoms with Gasteiger partial charge in [0.25, 0.3) is 11.6 Å². The summed E-state index contributed by atoms with van der Waals surface area (Å²) in [5.41, 5.74) is 0.00929. The van der Waals surface area contributed by atoms with Crippen molar-refractivity contribution in [3.8, 4) is 0 Å². The van der Waals surface area contributed by atoms with Crippen LogP contribution >= 0.6 is 11.8 Å². The molecule has 1 amide bonds. The van der Waals surface area contributed by atoms with Gasteiger partial charge in [0, 0.05) is 23.1 Å². The number of nitrogens with one attached hydrogen (secondary N) is 1. The molecule has 0 saturated carbocycles. The van der Waals surface area contributed by atoms with E-state index in [1.807, 2.05) is 6.92 Å². The molecule has 1 rings (SSSR count). The second-order valence-corrected chi connectivity index (χ2v) is 6.07. The van der Waals surface area contributed by atoms with Crippen molar-refractivity contribution in [3.63, 3.8) is 0 Å². The van der Waals surface area contributed by atoms with Gasteiger partial charge in [-0.15, -0.1) is 11.8 Å². The van der Waals surface area contributed by atoms with E-state index in [1.165, 1.54) is 36.9 Å². The van der Waals surface area contributed by atoms with Crippen LogP contribution < -0.4 is 5.32 Å². The molecule has 2 N–H and O–H groups in total. The molecule has 0 heterocycles. The van der Waals surface area contributed by atoms with Crippen molar-refractivity contribution in [2.75, 3.05) is 5.75 Å². The molecule has 8 heteroatoms. The maximum atomic E-state index is 12.3. The van der Waals surface area contributed by atoms with Crippen LogP contribution in [0, 0.1) is 16.0 Å². The Kier molecular flexibility index (Phi) is 6.36. The van der Waals surface area contributed by atoms with Gasteiger partial charge in [-0.2, -0.15) is 0 Å². The van der Waals surface area contributed by atoms with Crippen molar-refractivity contribution in [3.05, 3.63) is 33.9 Å². The van der Waals surface area contributed by atoms with Crippen LogP contribution in [0.25, 0.3) is 0 Å². The molecule has 0 bridgehead atoms. The number of carboxylic acids is 1. The monoisotopic (exact) mass is 326 g/mol. The summed E-state index contributed by atoms with van der Waals surface area (Å²) in [5.74, 6) is -1.58. The molecular formula is C14H18N2O5S. The smallest absolute Gasteiger partial charge is 0.308 e. The SMILES string of the molecule is CCSc1ccc([N+](=O)[O-])cc1C(=O)NC(C)C(C)C(=O)O. The van der Waals surface area contributed by atoms with Crippen LogP contribution in [0.3, 0.4) is 0 Å². The number of hydrogen-bond donors (Lipinski definition) is 2. The van der Waals surface area contributed by atoms with Crippen LogP contribution in [-0.2, 0) is 4.79 Å². The van der Waals surface area contributed by atoms with Crippen molar-refractivity contribution in [1.29, 1.82) is 0 Å². The normalized spacial score (nSPS) is 13.2. The molecule has 0 fully saturated rings. The summed E-state index contributed by atoms with van der Waals surface area (Å²) in [7, 11) is 0. The van der Waals surface area contributed by atoms with Crippen LogP contribution in [0.15, 0.2) is 23.1 Å². The number of carboxylic acid groups (broad SMARTS) is 1. The van der Waals surface area contributed by atoms with Gasteiger partial charge in [-0.25, -0.2) is 0 Å². The van der Waals surface area contributed by atoms with Gasteiger partial charge < -0.3 is 10.4 Å². The Hall–Kier alpha value is -2.09. The highest BCUT2D eigenvalue weighted by Gasteiger charge is 2.23. The van der Waals surface area contributed by atoms with Gasteiger partial charge in [-0.1, -0.05) is 6.92 Å². The molecule has 0 aromatic heterocycles. The first-order valence-corrected chi connectivity index (χ1v) is 7.71. The van der Waals surface area contributed by atoms with E-state index < -0.39 is 28.8 Å². The zero-order valence-electron chi connectivity index (χ0n) is 12.5. The number of rotatable bonds is 7. The fraction of sp³-hybridized carbons (Fsp3) is 0.429. The minimum atomic E-state index is -1.02. The van der Waals surface area contributed by atoms with E-state index in [0.717, 1.165) is 0 Å². The fourth-order valence-electron chi connectivity index (χ4n) is 1.71. The molecule has 0 spiro atoms. The Balaban J connectivity index is 3.06. The first-order chi connectivity index (χ1) is 10.3. The van der Waals surface area contributed by atoms with Gasteiger partial charge in [0.1, 0.15) is 0 Å². The minimum Gasteiger partial charge on any atom is -0.481 e. The Labute approximate surface area is 132 Å². The predicted molar refractivity (Wildman–Crippen MR) is 83.2 cm³/mol. The first-order valence-electron chi connectivity index (χ1n) is 6.72. The Morgan fingerprint density at radius 1 is 1.41 bits per heavy atom. The Morgan fingerprint density at radius 3 is 2.55 bits per heavy atom. The Morgan fingerprint density at radius 2 is 2.05 bits per heavy atom. The number of benzene rings is 1. The largest absolute Gasteiger partial charge is 0.481 e. The van der Waals surface area contributed by atoms with Gasteiger partial charge in [0.15, 0.2) is 0 Å². The lowest BCUT2D eigenvalue weighted by Crippen LogP contribution is -2.40. The number of amides is 1. The van der Waals surface area contributed by atoms with Crippen molar-refractivity contribution >= 4 is 29.3 Å². The van der Waals surface area contributed by atoms with Crippen LogP contribution in [0.2, 0.25) is 0 Å². The molecule has 0 aliphatic rings. The molecule has 0 aliphatic carbocycles. The van der Waals surface area contributed by atoms with E-state index in [-0.39, 0.29) is 11.3 Å². The van der Waals surface area contributed by atoms with E-state index in [2.05, 4.69) is 5.32 Å². The van der Waals surface area contributed by atoms with E-state index in [1.54, 1.807) is 6.92 Å². The number of thioether (sulfide) groups is 1. The van der Waals surface area contributed by atoms with Crippen molar-refractivity contribution in [2.24, 2.45) is 5.92 Å². The highest BCUT2D eigenvalue weighted by atomic mass is 32.2. The number of nitrogens with zero attached hydrogens (tertiary/aromatic N) is 1.